The van der Waals surface area contributed by atoms with Gasteiger partial charge < -0.3 is 54.0 Å². The molecule has 1 saturated heterocycles. The average Bonchev–Trinajstić information content (AvgIpc) is 3.13. The number of esters is 2. The van der Waals surface area contributed by atoms with Gasteiger partial charge in [0, 0.05) is 35.9 Å². The van der Waals surface area contributed by atoms with Crippen LogP contribution in [0.25, 0.3) is 34.4 Å². The Morgan fingerprint density at radius 2 is 1.32 bits per heavy atom. The molecule has 272 valence electrons. The van der Waals surface area contributed by atoms with Gasteiger partial charge in [-0.1, -0.05) is 24.3 Å². The fourth-order valence-electron chi connectivity index (χ4n) is 5.38. The van der Waals surface area contributed by atoms with Crippen LogP contribution in [0.15, 0.2) is 112 Å². The Morgan fingerprint density at radius 3 is 1.94 bits per heavy atom. The van der Waals surface area contributed by atoms with Gasteiger partial charge in [-0.2, -0.15) is 0 Å². The van der Waals surface area contributed by atoms with Crippen LogP contribution in [0.1, 0.15) is 11.1 Å². The van der Waals surface area contributed by atoms with Crippen molar-refractivity contribution in [2.24, 2.45) is 0 Å². The maximum Gasteiger partial charge on any atom is 0.331 e. The normalized spacial score (nSPS) is 20.1. The number of carbonyl (C=O) groups excluding carboxylic acids is 2. The smallest absolute Gasteiger partial charge is 0.331 e. The van der Waals surface area contributed by atoms with Gasteiger partial charge in [0.1, 0.15) is 70.4 Å². The number of aromatic hydroxyl groups is 4. The number of aliphatic hydroxyl groups excluding tert-OH is 2. The zero-order chi connectivity index (χ0) is 37.6. The summed E-state index contributed by atoms with van der Waals surface area (Å²) in [6.45, 7) is -0.525. The molecule has 0 radical (unpaired) electrons. The Labute approximate surface area is 300 Å². The Morgan fingerprint density at radius 1 is 0.717 bits per heavy atom. The van der Waals surface area contributed by atoms with Crippen molar-refractivity contribution in [3.05, 3.63) is 124 Å². The fraction of sp³-hybridized carbons (Fsp3) is 0.154. The minimum absolute atomic E-state index is 0.0326. The van der Waals surface area contributed by atoms with Gasteiger partial charge in [-0.15, -0.1) is 0 Å². The lowest BCUT2D eigenvalue weighted by Gasteiger charge is -2.41. The molecule has 0 aliphatic carbocycles. The van der Waals surface area contributed by atoms with E-state index in [1.54, 1.807) is 24.3 Å². The van der Waals surface area contributed by atoms with Crippen LogP contribution >= 0.6 is 0 Å². The van der Waals surface area contributed by atoms with Crippen molar-refractivity contribution in [2.75, 3.05) is 6.61 Å². The van der Waals surface area contributed by atoms with Gasteiger partial charge in [0.15, 0.2) is 11.5 Å². The molecule has 2 heterocycles. The van der Waals surface area contributed by atoms with Crippen LogP contribution in [-0.4, -0.2) is 79.9 Å². The second-order valence-electron chi connectivity index (χ2n) is 11.9. The molecule has 1 aromatic heterocycles. The topological polar surface area (TPSA) is 223 Å². The van der Waals surface area contributed by atoms with Gasteiger partial charge >= 0.3 is 11.9 Å². The molecule has 14 heteroatoms. The largest absolute Gasteiger partial charge is 0.508 e. The maximum absolute atomic E-state index is 12.8. The van der Waals surface area contributed by atoms with Crippen LogP contribution in [0.2, 0.25) is 0 Å². The molecule has 1 aliphatic heterocycles. The molecule has 5 aromatic rings. The van der Waals surface area contributed by atoms with E-state index in [-0.39, 0.29) is 39.7 Å². The first-order chi connectivity index (χ1) is 25.4. The highest BCUT2D eigenvalue weighted by Gasteiger charge is 2.48. The van der Waals surface area contributed by atoms with Crippen molar-refractivity contribution < 1.29 is 63.6 Å². The zero-order valence-electron chi connectivity index (χ0n) is 27.5. The van der Waals surface area contributed by atoms with E-state index in [0.29, 0.717) is 16.7 Å². The molecule has 6 rings (SSSR count). The van der Waals surface area contributed by atoms with Gasteiger partial charge in [-0.05, 0) is 71.8 Å². The van der Waals surface area contributed by atoms with Gasteiger partial charge in [0.2, 0.25) is 6.29 Å². The Bertz CT molecular complexity index is 2200. The third kappa shape index (κ3) is 8.83. The van der Waals surface area contributed by atoms with Crippen LogP contribution in [-0.2, 0) is 23.8 Å². The summed E-state index contributed by atoms with van der Waals surface area (Å²) in [5.74, 6) is -2.13. The highest BCUT2D eigenvalue weighted by Crippen LogP contribution is 2.32. The monoisotopic (exact) mass is 724 g/mol. The standard InChI is InChI=1S/C39H32O14/c40-24-9-1-21(2-10-24)5-15-33(45)49-20-32-36(47)37(48)38(53-34(46)16-6-22-3-11-25(41)12-4-22)39(52-32)50-27-13-7-23(8-14-27)30-19-29(44)35-28(43)17-26(42)18-31(35)51-30/h1-19,32,36-43,47-48H,20H2/b15-5+,16-6+/t32-,36-,37+,38-,39-/m1/s1. The summed E-state index contributed by atoms with van der Waals surface area (Å²) in [6.07, 6.45) is -2.86. The summed E-state index contributed by atoms with van der Waals surface area (Å²) in [5, 5.41) is 60.8. The second kappa shape index (κ2) is 15.7. The molecule has 53 heavy (non-hydrogen) atoms. The summed E-state index contributed by atoms with van der Waals surface area (Å²) >= 11 is 0. The second-order valence-corrected chi connectivity index (χ2v) is 11.9. The predicted octanol–water partition coefficient (Wildman–Crippen LogP) is 3.99. The molecule has 0 unspecified atom stereocenters. The number of hydrogen-bond acceptors (Lipinski definition) is 14. The number of aliphatic hydroxyl groups is 2. The summed E-state index contributed by atoms with van der Waals surface area (Å²) in [4.78, 5) is 38.0. The molecular weight excluding hydrogens is 692 g/mol. The number of hydrogen-bond donors (Lipinski definition) is 6. The van der Waals surface area contributed by atoms with Crippen LogP contribution < -0.4 is 10.2 Å². The van der Waals surface area contributed by atoms with Crippen LogP contribution in [0.3, 0.4) is 0 Å². The molecule has 4 aromatic carbocycles. The fourth-order valence-corrected chi connectivity index (χ4v) is 5.38. The van der Waals surface area contributed by atoms with Crippen molar-refractivity contribution in [2.45, 2.75) is 30.7 Å². The lowest BCUT2D eigenvalue weighted by Crippen LogP contribution is -2.61. The first-order valence-electron chi connectivity index (χ1n) is 16.0. The third-order valence-electron chi connectivity index (χ3n) is 8.08. The number of rotatable bonds is 10. The maximum atomic E-state index is 12.8. The molecule has 0 saturated carbocycles. The Hall–Kier alpha value is -6.61. The van der Waals surface area contributed by atoms with Gasteiger partial charge in [-0.25, -0.2) is 9.59 Å². The molecule has 14 nitrogen and oxygen atoms in total. The number of carbonyl (C=O) groups is 2. The lowest BCUT2D eigenvalue weighted by molar-refractivity contribution is -0.281. The molecule has 0 amide bonds. The van der Waals surface area contributed by atoms with Crippen molar-refractivity contribution >= 4 is 35.1 Å². The first-order valence-corrected chi connectivity index (χ1v) is 16.0. The number of phenols is 4. The van der Waals surface area contributed by atoms with Gasteiger partial charge in [0.25, 0.3) is 0 Å². The Kier molecular flexibility index (Phi) is 10.7. The van der Waals surface area contributed by atoms with E-state index in [0.717, 1.165) is 18.2 Å². The highest BCUT2D eigenvalue weighted by molar-refractivity contribution is 5.88. The minimum atomic E-state index is -1.77. The third-order valence-corrected chi connectivity index (χ3v) is 8.08. The molecule has 6 N–H and O–H groups in total. The SMILES string of the molecule is O=C(/C=C/c1ccc(O)cc1)OC[C@H]1O[C@@H](Oc2ccc(-c3cc(=O)c4c(O)cc(O)cc4o3)cc2)[C@H](OC(=O)/C=C/c2ccc(O)cc2)[C@@H](O)[C@@H]1O. The first kappa shape index (κ1) is 36.2. The Balaban J connectivity index is 1.20. The van der Waals surface area contributed by atoms with E-state index < -0.39 is 60.4 Å². The summed E-state index contributed by atoms with van der Waals surface area (Å²) in [7, 11) is 0. The molecular formula is C39H32O14. The summed E-state index contributed by atoms with van der Waals surface area (Å²) < 4.78 is 28.3. The van der Waals surface area contributed by atoms with E-state index in [1.165, 1.54) is 72.8 Å². The molecule has 1 fully saturated rings. The van der Waals surface area contributed by atoms with E-state index in [1.807, 2.05) is 0 Å². The summed E-state index contributed by atoms with van der Waals surface area (Å²) in [6, 6.07) is 21.4. The number of fused-ring (bicyclic) bond motifs is 1. The van der Waals surface area contributed by atoms with E-state index in [9.17, 15) is 45.0 Å². The zero-order valence-corrected chi connectivity index (χ0v) is 27.5. The predicted molar refractivity (Wildman–Crippen MR) is 188 cm³/mol. The van der Waals surface area contributed by atoms with Gasteiger partial charge in [0.05, 0.1) is 0 Å². The highest BCUT2D eigenvalue weighted by atomic mass is 16.7. The van der Waals surface area contributed by atoms with Gasteiger partial charge in [-0.3, -0.25) is 4.79 Å². The van der Waals surface area contributed by atoms with Crippen LogP contribution in [0, 0.1) is 0 Å². The van der Waals surface area contributed by atoms with Crippen LogP contribution in [0.5, 0.6) is 28.7 Å². The minimum Gasteiger partial charge on any atom is -0.508 e. The quantitative estimate of drug-likeness (QED) is 0.0886. The van der Waals surface area contributed by atoms with E-state index in [2.05, 4.69) is 0 Å². The van der Waals surface area contributed by atoms with Crippen molar-refractivity contribution in [3.63, 3.8) is 0 Å². The molecule has 1 aliphatic rings. The summed E-state index contributed by atoms with van der Waals surface area (Å²) in [5.41, 5.74) is 0.986. The van der Waals surface area contributed by atoms with E-state index >= 15 is 0 Å². The number of benzene rings is 4. The number of phenolic OH excluding ortho intramolecular Hbond substituents is 4. The van der Waals surface area contributed by atoms with Crippen LogP contribution in [0.4, 0.5) is 0 Å². The van der Waals surface area contributed by atoms with Crippen molar-refractivity contribution in [3.8, 4) is 40.1 Å². The van der Waals surface area contributed by atoms with E-state index in [4.69, 9.17) is 23.4 Å². The molecule has 0 bridgehead atoms. The van der Waals surface area contributed by atoms with Crippen molar-refractivity contribution in [1.82, 2.24) is 0 Å². The number of ether oxygens (including phenoxy) is 4. The molecule has 5 atom stereocenters. The molecule has 0 spiro atoms. The van der Waals surface area contributed by atoms with Crippen molar-refractivity contribution in [1.29, 1.82) is 0 Å². The average molecular weight is 725 g/mol. The lowest BCUT2D eigenvalue weighted by atomic mass is 9.99.